The molecule has 5 heteroatoms. The molecule has 0 aromatic heterocycles. The van der Waals surface area contributed by atoms with Crippen LogP contribution in [0.4, 0.5) is 0 Å². The summed E-state index contributed by atoms with van der Waals surface area (Å²) < 4.78 is 10.4. The molecular weight excluding hydrogens is 314 g/mol. The van der Waals surface area contributed by atoms with E-state index in [2.05, 4.69) is 23.8 Å². The second kappa shape index (κ2) is 9.18. The van der Waals surface area contributed by atoms with Crippen molar-refractivity contribution in [2.45, 2.75) is 26.0 Å². The average molecular weight is 336 g/mol. The molecule has 0 unspecified atom stereocenters. The van der Waals surface area contributed by atoms with Crippen LogP contribution in [-0.4, -0.2) is 19.1 Å². The van der Waals surface area contributed by atoms with Gasteiger partial charge in [-0.15, -0.1) is 12.4 Å². The molecule has 4 nitrogen and oxygen atoms in total. The fourth-order valence-electron chi connectivity index (χ4n) is 2.18. The Bertz CT molecular complexity index is 628. The molecule has 0 aliphatic rings. The lowest BCUT2D eigenvalue weighted by atomic mass is 10.1. The summed E-state index contributed by atoms with van der Waals surface area (Å²) in [6.45, 7) is 2.59. The van der Waals surface area contributed by atoms with Crippen LogP contribution in [0.1, 0.15) is 16.7 Å². The van der Waals surface area contributed by atoms with Crippen molar-refractivity contribution in [1.29, 1.82) is 0 Å². The van der Waals surface area contributed by atoms with Crippen LogP contribution in [0.15, 0.2) is 48.5 Å². The Kier molecular flexibility index (Phi) is 7.59. The highest BCUT2D eigenvalue weighted by Crippen LogP contribution is 2.15. The van der Waals surface area contributed by atoms with E-state index in [-0.39, 0.29) is 12.4 Å². The van der Waals surface area contributed by atoms with Crippen molar-refractivity contribution in [3.8, 4) is 5.75 Å². The summed E-state index contributed by atoms with van der Waals surface area (Å²) in [4.78, 5) is 11.3. The van der Waals surface area contributed by atoms with Crippen molar-refractivity contribution < 1.29 is 14.3 Å². The zero-order valence-electron chi connectivity index (χ0n) is 13.3. The van der Waals surface area contributed by atoms with Gasteiger partial charge >= 0.3 is 5.97 Å². The molecule has 0 aliphatic heterocycles. The summed E-state index contributed by atoms with van der Waals surface area (Å²) in [7, 11) is 1.34. The van der Waals surface area contributed by atoms with Gasteiger partial charge in [-0.3, -0.25) is 4.79 Å². The Balaban J connectivity index is 0.00000264. The zero-order chi connectivity index (χ0) is 15.9. The second-order valence-electron chi connectivity index (χ2n) is 5.26. The molecule has 2 N–H and O–H groups in total. The quantitative estimate of drug-likeness (QED) is 0.824. The number of halogens is 1. The monoisotopic (exact) mass is 335 g/mol. The van der Waals surface area contributed by atoms with Crippen LogP contribution in [0.2, 0.25) is 0 Å². The highest BCUT2D eigenvalue weighted by Gasteiger charge is 2.13. The standard InChI is InChI=1S/C18H21NO3.ClH/c1-13-4-3-5-15(10-13)12-22-16-8-6-14(7-9-16)11-17(19)18(20)21-2;/h3-10,17H,11-12,19H2,1-2H3;1H/t17-;/m0./s1. The van der Waals surface area contributed by atoms with Crippen LogP contribution in [0, 0.1) is 6.92 Å². The summed E-state index contributed by atoms with van der Waals surface area (Å²) in [5, 5.41) is 0. The summed E-state index contributed by atoms with van der Waals surface area (Å²) in [5.74, 6) is 0.386. The highest BCUT2D eigenvalue weighted by atomic mass is 35.5. The van der Waals surface area contributed by atoms with Crippen molar-refractivity contribution in [3.05, 3.63) is 65.2 Å². The molecule has 0 saturated carbocycles. The van der Waals surface area contributed by atoms with Crippen molar-refractivity contribution in [3.63, 3.8) is 0 Å². The van der Waals surface area contributed by atoms with E-state index in [1.54, 1.807) is 0 Å². The SMILES string of the molecule is COC(=O)[C@@H](N)Cc1ccc(OCc2cccc(C)c2)cc1.Cl. The summed E-state index contributed by atoms with van der Waals surface area (Å²) in [6.07, 6.45) is 0.449. The van der Waals surface area contributed by atoms with Gasteiger partial charge in [0.25, 0.3) is 0 Å². The molecule has 0 heterocycles. The summed E-state index contributed by atoms with van der Waals surface area (Å²) in [5.41, 5.74) is 9.07. The largest absolute Gasteiger partial charge is 0.489 e. The Morgan fingerprint density at radius 3 is 2.43 bits per heavy atom. The molecule has 1 atom stereocenters. The molecule has 0 spiro atoms. The molecule has 2 aromatic carbocycles. The smallest absolute Gasteiger partial charge is 0.322 e. The molecule has 0 saturated heterocycles. The Labute approximate surface area is 143 Å². The number of aryl methyl sites for hydroxylation is 1. The number of esters is 1. The third-order valence-electron chi connectivity index (χ3n) is 3.37. The fourth-order valence-corrected chi connectivity index (χ4v) is 2.18. The minimum atomic E-state index is -0.635. The van der Waals surface area contributed by atoms with Gasteiger partial charge < -0.3 is 15.2 Å². The van der Waals surface area contributed by atoms with Gasteiger partial charge in [0.05, 0.1) is 7.11 Å². The lowest BCUT2D eigenvalue weighted by molar-refractivity contribution is -0.142. The van der Waals surface area contributed by atoms with Crippen LogP contribution in [-0.2, 0) is 22.6 Å². The van der Waals surface area contributed by atoms with Gasteiger partial charge in [0.15, 0.2) is 0 Å². The number of carbonyl (C=O) groups is 1. The Morgan fingerprint density at radius 1 is 1.13 bits per heavy atom. The third-order valence-corrected chi connectivity index (χ3v) is 3.37. The molecule has 2 rings (SSSR count). The van der Waals surface area contributed by atoms with Gasteiger partial charge in [-0.2, -0.15) is 0 Å². The van der Waals surface area contributed by atoms with Crippen LogP contribution in [0.25, 0.3) is 0 Å². The van der Waals surface area contributed by atoms with E-state index in [0.29, 0.717) is 13.0 Å². The minimum Gasteiger partial charge on any atom is -0.489 e. The number of hydrogen-bond acceptors (Lipinski definition) is 4. The normalized spacial score (nSPS) is 11.3. The maximum Gasteiger partial charge on any atom is 0.322 e. The lowest BCUT2D eigenvalue weighted by Gasteiger charge is -2.10. The van der Waals surface area contributed by atoms with E-state index in [1.165, 1.54) is 12.7 Å². The number of methoxy groups -OCH3 is 1. The average Bonchev–Trinajstić information content (AvgIpc) is 2.53. The van der Waals surface area contributed by atoms with Gasteiger partial charge in [-0.25, -0.2) is 0 Å². The number of carbonyl (C=O) groups excluding carboxylic acids is 1. The number of hydrogen-bond donors (Lipinski definition) is 1. The van der Waals surface area contributed by atoms with E-state index in [4.69, 9.17) is 10.5 Å². The molecular formula is C18H22ClNO3. The lowest BCUT2D eigenvalue weighted by Crippen LogP contribution is -2.33. The zero-order valence-corrected chi connectivity index (χ0v) is 14.1. The molecule has 2 aromatic rings. The summed E-state index contributed by atoms with van der Waals surface area (Å²) in [6, 6.07) is 15.2. The first kappa shape index (κ1) is 19.0. The van der Waals surface area contributed by atoms with Gasteiger partial charge in [0, 0.05) is 0 Å². The topological polar surface area (TPSA) is 61.5 Å². The van der Waals surface area contributed by atoms with Crippen molar-refractivity contribution >= 4 is 18.4 Å². The first-order chi connectivity index (χ1) is 10.6. The molecule has 0 bridgehead atoms. The highest BCUT2D eigenvalue weighted by molar-refractivity contribution is 5.85. The second-order valence-corrected chi connectivity index (χ2v) is 5.26. The fraction of sp³-hybridized carbons (Fsp3) is 0.278. The molecule has 0 amide bonds. The molecule has 23 heavy (non-hydrogen) atoms. The van der Waals surface area contributed by atoms with Gasteiger partial charge in [0.1, 0.15) is 18.4 Å². The van der Waals surface area contributed by atoms with Crippen molar-refractivity contribution in [1.82, 2.24) is 0 Å². The van der Waals surface area contributed by atoms with E-state index >= 15 is 0 Å². The predicted octanol–water partition coefficient (Wildman–Crippen LogP) is 3.04. The molecule has 0 aliphatic carbocycles. The van der Waals surface area contributed by atoms with Gasteiger partial charge in [-0.05, 0) is 36.6 Å². The van der Waals surface area contributed by atoms with E-state index in [1.807, 2.05) is 36.4 Å². The molecule has 0 fully saturated rings. The van der Waals surface area contributed by atoms with E-state index < -0.39 is 12.0 Å². The van der Waals surface area contributed by atoms with Crippen LogP contribution < -0.4 is 10.5 Å². The number of benzene rings is 2. The van der Waals surface area contributed by atoms with Gasteiger partial charge in [0.2, 0.25) is 0 Å². The summed E-state index contributed by atoms with van der Waals surface area (Å²) >= 11 is 0. The molecule has 0 radical (unpaired) electrons. The first-order valence-corrected chi connectivity index (χ1v) is 7.19. The van der Waals surface area contributed by atoms with E-state index in [0.717, 1.165) is 16.9 Å². The number of ether oxygens (including phenoxy) is 2. The first-order valence-electron chi connectivity index (χ1n) is 7.19. The minimum absolute atomic E-state index is 0. The van der Waals surface area contributed by atoms with Crippen LogP contribution in [0.3, 0.4) is 0 Å². The van der Waals surface area contributed by atoms with Crippen LogP contribution in [0.5, 0.6) is 5.75 Å². The van der Waals surface area contributed by atoms with Gasteiger partial charge in [-0.1, -0.05) is 42.0 Å². The maximum atomic E-state index is 11.3. The molecule has 124 valence electrons. The third kappa shape index (κ3) is 5.93. The number of rotatable bonds is 6. The predicted molar refractivity (Wildman–Crippen MR) is 92.9 cm³/mol. The van der Waals surface area contributed by atoms with E-state index in [9.17, 15) is 4.79 Å². The van der Waals surface area contributed by atoms with Crippen molar-refractivity contribution in [2.24, 2.45) is 5.73 Å². The van der Waals surface area contributed by atoms with Crippen LogP contribution >= 0.6 is 12.4 Å². The Morgan fingerprint density at radius 2 is 1.83 bits per heavy atom. The maximum absolute atomic E-state index is 11.3. The number of nitrogens with two attached hydrogens (primary N) is 1. The Hall–Kier alpha value is -2.04. The van der Waals surface area contributed by atoms with Crippen molar-refractivity contribution in [2.75, 3.05) is 7.11 Å².